The van der Waals surface area contributed by atoms with Gasteiger partial charge in [0.05, 0.1) is 22.6 Å². The molecule has 0 fully saturated rings. The van der Waals surface area contributed by atoms with Gasteiger partial charge in [-0.15, -0.1) is 0 Å². The number of rotatable bonds is 14. The second kappa shape index (κ2) is 14.3. The molecule has 41 heavy (non-hydrogen) atoms. The zero-order valence-corrected chi connectivity index (χ0v) is 24.0. The molecule has 0 saturated carbocycles. The Hall–Kier alpha value is -4.45. The van der Waals surface area contributed by atoms with Gasteiger partial charge in [0, 0.05) is 25.2 Å². The molecular weight excluding hydrogens is 548 g/mol. The third-order valence-corrected chi connectivity index (χ3v) is 8.15. The third-order valence-electron chi connectivity index (χ3n) is 6.36. The highest BCUT2D eigenvalue weighted by Crippen LogP contribution is 2.28. The molecule has 218 valence electrons. The zero-order valence-electron chi connectivity index (χ0n) is 23.2. The molecule has 3 aromatic rings. The highest BCUT2D eigenvalue weighted by atomic mass is 32.2. The molecule has 0 radical (unpaired) electrons. The highest BCUT2D eigenvalue weighted by molar-refractivity contribution is 7.92. The van der Waals surface area contributed by atoms with E-state index in [0.717, 1.165) is 10.4 Å². The van der Waals surface area contributed by atoms with Crippen LogP contribution in [0.3, 0.4) is 0 Å². The number of nitro groups is 1. The first-order chi connectivity index (χ1) is 19.6. The summed E-state index contributed by atoms with van der Waals surface area (Å²) in [6.07, 6.45) is 0.968. The van der Waals surface area contributed by atoms with E-state index in [4.69, 9.17) is 4.74 Å². The number of non-ortho nitro benzene ring substituents is 1. The summed E-state index contributed by atoms with van der Waals surface area (Å²) in [6.45, 7) is 3.40. The lowest BCUT2D eigenvalue weighted by Gasteiger charge is -2.33. The number of sulfonamides is 1. The largest absolute Gasteiger partial charge is 0.497 e. The third kappa shape index (κ3) is 7.82. The van der Waals surface area contributed by atoms with Crippen LogP contribution >= 0.6 is 0 Å². The maximum absolute atomic E-state index is 14.0. The van der Waals surface area contributed by atoms with Crippen LogP contribution in [0, 0.1) is 10.1 Å². The summed E-state index contributed by atoms with van der Waals surface area (Å²) in [5.41, 5.74) is 0.287. The molecule has 12 heteroatoms. The molecular formula is C29H34N4O7S. The first-order valence-corrected chi connectivity index (χ1v) is 14.6. The van der Waals surface area contributed by atoms with Gasteiger partial charge in [-0.3, -0.25) is 24.0 Å². The Morgan fingerprint density at radius 3 is 2.34 bits per heavy atom. The Morgan fingerprint density at radius 1 is 1.00 bits per heavy atom. The van der Waals surface area contributed by atoms with Crippen molar-refractivity contribution in [1.82, 2.24) is 10.2 Å². The number of amides is 2. The van der Waals surface area contributed by atoms with E-state index in [1.54, 1.807) is 49.4 Å². The molecule has 0 bridgehead atoms. The van der Waals surface area contributed by atoms with E-state index in [0.29, 0.717) is 24.3 Å². The van der Waals surface area contributed by atoms with Gasteiger partial charge in [-0.25, -0.2) is 8.42 Å². The van der Waals surface area contributed by atoms with Crippen LogP contribution in [0.1, 0.15) is 32.3 Å². The van der Waals surface area contributed by atoms with Crippen molar-refractivity contribution in [1.29, 1.82) is 0 Å². The number of ether oxygens (including phenoxy) is 1. The molecule has 0 spiro atoms. The minimum atomic E-state index is -4.33. The van der Waals surface area contributed by atoms with Crippen molar-refractivity contribution >= 4 is 33.2 Å². The summed E-state index contributed by atoms with van der Waals surface area (Å²) in [5, 5.41) is 14.3. The summed E-state index contributed by atoms with van der Waals surface area (Å²) in [5.74, 6) is -0.459. The number of anilines is 1. The van der Waals surface area contributed by atoms with E-state index >= 15 is 0 Å². The highest BCUT2D eigenvalue weighted by Gasteiger charge is 2.34. The number of nitrogens with zero attached hydrogens (tertiary/aromatic N) is 3. The molecule has 0 aromatic heterocycles. The van der Waals surface area contributed by atoms with E-state index in [-0.39, 0.29) is 35.1 Å². The molecule has 0 aliphatic carbocycles. The van der Waals surface area contributed by atoms with Gasteiger partial charge in [-0.05, 0) is 48.7 Å². The molecule has 11 nitrogen and oxygen atoms in total. The standard InChI is InChI=1S/C29H34N4O7S/c1-4-17-30-29(35)27(5-2)31(20-22-11-9-14-25(18-22)40-3)28(34)21-32(23-12-10-13-24(19-23)33(36)37)41(38,39)26-15-7-6-8-16-26/h6-16,18-19,27H,4-5,17,20-21H2,1-3H3,(H,30,35)/t27-/m1/s1. The number of benzene rings is 3. The Kier molecular flexibility index (Phi) is 10.8. The van der Waals surface area contributed by atoms with Crippen molar-refractivity contribution in [2.45, 2.75) is 44.2 Å². The van der Waals surface area contributed by atoms with Crippen molar-refractivity contribution < 1.29 is 27.7 Å². The predicted octanol–water partition coefficient (Wildman–Crippen LogP) is 4.13. The normalized spacial score (nSPS) is 11.8. The van der Waals surface area contributed by atoms with E-state index in [9.17, 15) is 28.1 Å². The Bertz CT molecular complexity index is 1460. The van der Waals surface area contributed by atoms with Crippen molar-refractivity contribution in [3.8, 4) is 5.75 Å². The zero-order chi connectivity index (χ0) is 30.0. The second-order valence-electron chi connectivity index (χ2n) is 9.19. The maximum atomic E-state index is 14.0. The number of nitrogens with one attached hydrogen (secondary N) is 1. The van der Waals surface area contributed by atoms with Crippen LogP contribution in [0.5, 0.6) is 5.75 Å². The Labute approximate surface area is 239 Å². The topological polar surface area (TPSA) is 139 Å². The average Bonchev–Trinajstić information content (AvgIpc) is 2.99. The molecule has 1 atom stereocenters. The maximum Gasteiger partial charge on any atom is 0.271 e. The van der Waals surface area contributed by atoms with Crippen molar-refractivity contribution in [2.24, 2.45) is 0 Å². The van der Waals surface area contributed by atoms with E-state index in [1.165, 1.54) is 42.3 Å². The molecule has 0 aliphatic heterocycles. The Morgan fingerprint density at radius 2 is 1.71 bits per heavy atom. The number of methoxy groups -OCH3 is 1. The van der Waals surface area contributed by atoms with Gasteiger partial charge in [0.25, 0.3) is 15.7 Å². The summed E-state index contributed by atoms with van der Waals surface area (Å²) in [6, 6.07) is 18.7. The minimum absolute atomic E-state index is 0.00223. The van der Waals surface area contributed by atoms with Crippen molar-refractivity contribution in [3.05, 3.63) is 94.5 Å². The smallest absolute Gasteiger partial charge is 0.271 e. The van der Waals surface area contributed by atoms with Gasteiger partial charge in [0.1, 0.15) is 18.3 Å². The number of carbonyl (C=O) groups is 2. The van der Waals surface area contributed by atoms with Crippen LogP contribution in [0.25, 0.3) is 0 Å². The first kappa shape index (κ1) is 31.1. The summed E-state index contributed by atoms with van der Waals surface area (Å²) < 4.78 is 33.8. The van der Waals surface area contributed by atoms with Crippen molar-refractivity contribution in [3.63, 3.8) is 0 Å². The average molecular weight is 583 g/mol. The minimum Gasteiger partial charge on any atom is -0.497 e. The molecule has 0 aliphatic rings. The quantitative estimate of drug-likeness (QED) is 0.223. The molecule has 1 N–H and O–H groups in total. The fourth-order valence-corrected chi connectivity index (χ4v) is 5.69. The number of nitro benzene ring substituents is 1. The van der Waals surface area contributed by atoms with Crippen LogP contribution in [0.15, 0.2) is 83.8 Å². The summed E-state index contributed by atoms with van der Waals surface area (Å²) in [4.78, 5) is 39.3. The predicted molar refractivity (Wildman–Crippen MR) is 155 cm³/mol. The lowest BCUT2D eigenvalue weighted by molar-refractivity contribution is -0.384. The van der Waals surface area contributed by atoms with Gasteiger partial charge >= 0.3 is 0 Å². The number of hydrogen-bond acceptors (Lipinski definition) is 7. The lowest BCUT2D eigenvalue weighted by Crippen LogP contribution is -2.52. The van der Waals surface area contributed by atoms with Crippen LogP contribution in [-0.4, -0.2) is 56.3 Å². The van der Waals surface area contributed by atoms with E-state index in [1.807, 2.05) is 6.92 Å². The Balaban J connectivity index is 2.09. The van der Waals surface area contributed by atoms with E-state index < -0.39 is 33.4 Å². The molecule has 2 amide bonds. The van der Waals surface area contributed by atoms with Gasteiger partial charge in [-0.2, -0.15) is 0 Å². The van der Waals surface area contributed by atoms with Crippen molar-refractivity contribution in [2.75, 3.05) is 24.5 Å². The fraction of sp³-hybridized carbons (Fsp3) is 0.310. The molecule has 0 saturated heterocycles. The lowest BCUT2D eigenvalue weighted by atomic mass is 10.1. The summed E-state index contributed by atoms with van der Waals surface area (Å²) in [7, 11) is -2.82. The van der Waals surface area contributed by atoms with Crippen LogP contribution < -0.4 is 14.4 Å². The summed E-state index contributed by atoms with van der Waals surface area (Å²) >= 11 is 0. The molecule has 3 rings (SSSR count). The van der Waals surface area contributed by atoms with Crippen LogP contribution in [-0.2, 0) is 26.2 Å². The second-order valence-corrected chi connectivity index (χ2v) is 11.1. The van der Waals surface area contributed by atoms with Crippen LogP contribution in [0.2, 0.25) is 0 Å². The fourth-order valence-electron chi connectivity index (χ4n) is 4.26. The number of hydrogen-bond donors (Lipinski definition) is 1. The first-order valence-electron chi connectivity index (χ1n) is 13.1. The van der Waals surface area contributed by atoms with Gasteiger partial charge < -0.3 is 15.0 Å². The van der Waals surface area contributed by atoms with Gasteiger partial charge in [-0.1, -0.05) is 50.2 Å². The van der Waals surface area contributed by atoms with Gasteiger partial charge in [0.15, 0.2) is 0 Å². The van der Waals surface area contributed by atoms with Crippen LogP contribution in [0.4, 0.5) is 11.4 Å². The monoisotopic (exact) mass is 582 g/mol. The molecule has 0 heterocycles. The van der Waals surface area contributed by atoms with E-state index in [2.05, 4.69) is 5.32 Å². The number of carbonyl (C=O) groups excluding carboxylic acids is 2. The van der Waals surface area contributed by atoms with Gasteiger partial charge in [0.2, 0.25) is 11.8 Å². The molecule has 3 aromatic carbocycles. The molecule has 0 unspecified atom stereocenters. The SMILES string of the molecule is CCCNC(=O)[C@@H](CC)N(Cc1cccc(OC)c1)C(=O)CN(c1cccc([N+](=O)[O-])c1)S(=O)(=O)c1ccccc1.